The summed E-state index contributed by atoms with van der Waals surface area (Å²) in [6.07, 6.45) is 0.635. The number of hydrogen-bond donors (Lipinski definition) is 2. The summed E-state index contributed by atoms with van der Waals surface area (Å²) in [6.45, 7) is 1.92. The Bertz CT molecular complexity index is 663. The number of rotatable bonds is 6. The fourth-order valence-electron chi connectivity index (χ4n) is 2.60. The number of phenols is 2. The van der Waals surface area contributed by atoms with Gasteiger partial charge in [0, 0.05) is 30.7 Å². The minimum atomic E-state index is -0.0570. The van der Waals surface area contributed by atoms with Crippen LogP contribution in [0.2, 0.25) is 0 Å². The van der Waals surface area contributed by atoms with Crippen LogP contribution in [0.4, 0.5) is 0 Å². The lowest BCUT2D eigenvalue weighted by Gasteiger charge is -2.17. The summed E-state index contributed by atoms with van der Waals surface area (Å²) in [7, 11) is 1.59. The second kappa shape index (κ2) is 7.09. The number of benzene rings is 2. The molecule has 0 aromatic heterocycles. The summed E-state index contributed by atoms with van der Waals surface area (Å²) in [4.78, 5) is 11.5. The van der Waals surface area contributed by atoms with E-state index in [4.69, 9.17) is 4.74 Å². The zero-order valence-corrected chi connectivity index (χ0v) is 12.8. The maximum absolute atomic E-state index is 11.5. The fourth-order valence-corrected chi connectivity index (χ4v) is 2.60. The van der Waals surface area contributed by atoms with Crippen molar-refractivity contribution in [2.75, 3.05) is 13.7 Å². The summed E-state index contributed by atoms with van der Waals surface area (Å²) in [5.41, 5.74) is 2.80. The summed E-state index contributed by atoms with van der Waals surface area (Å²) in [5, 5.41) is 20.4. The number of phenolic OH excluding ortho intramolecular Hbond substituents is 2. The molecule has 0 fully saturated rings. The zero-order valence-electron chi connectivity index (χ0n) is 12.8. The van der Waals surface area contributed by atoms with E-state index >= 15 is 0 Å². The molecule has 2 rings (SSSR count). The molecule has 0 saturated heterocycles. The van der Waals surface area contributed by atoms with Crippen molar-refractivity contribution >= 4 is 5.78 Å². The lowest BCUT2D eigenvalue weighted by Crippen LogP contribution is -2.06. The minimum Gasteiger partial charge on any atom is -0.508 e. The molecule has 4 nitrogen and oxygen atoms in total. The molecule has 116 valence electrons. The van der Waals surface area contributed by atoms with Gasteiger partial charge in [-0.05, 0) is 24.5 Å². The number of hydrogen-bond acceptors (Lipinski definition) is 4. The molecule has 4 heteroatoms. The Labute approximate surface area is 130 Å². The normalized spacial score (nSPS) is 10.6. The second-order valence-electron chi connectivity index (χ2n) is 5.23. The first-order valence-corrected chi connectivity index (χ1v) is 7.15. The van der Waals surface area contributed by atoms with Gasteiger partial charge in [-0.1, -0.05) is 30.3 Å². The average Bonchev–Trinajstić information content (AvgIpc) is 2.48. The van der Waals surface area contributed by atoms with Gasteiger partial charge in [0.2, 0.25) is 0 Å². The summed E-state index contributed by atoms with van der Waals surface area (Å²) < 4.78 is 5.13. The Hall–Kier alpha value is -2.33. The number of carbonyl (C=O) groups is 1. The van der Waals surface area contributed by atoms with Gasteiger partial charge in [-0.25, -0.2) is 0 Å². The molecule has 0 aliphatic rings. The highest BCUT2D eigenvalue weighted by Crippen LogP contribution is 2.40. The predicted molar refractivity (Wildman–Crippen MR) is 85.2 cm³/mol. The monoisotopic (exact) mass is 300 g/mol. The summed E-state index contributed by atoms with van der Waals surface area (Å²) >= 11 is 0. The molecule has 0 atom stereocenters. The van der Waals surface area contributed by atoms with Gasteiger partial charge < -0.3 is 14.9 Å². The summed E-state index contributed by atoms with van der Waals surface area (Å²) in [5.74, 6) is -0.0979. The van der Waals surface area contributed by atoms with Crippen LogP contribution in [0.3, 0.4) is 0 Å². The van der Waals surface area contributed by atoms with E-state index < -0.39 is 0 Å². The lowest BCUT2D eigenvalue weighted by molar-refractivity contribution is -0.116. The Morgan fingerprint density at radius 2 is 1.77 bits per heavy atom. The average molecular weight is 300 g/mol. The van der Waals surface area contributed by atoms with E-state index in [9.17, 15) is 15.0 Å². The van der Waals surface area contributed by atoms with E-state index in [-0.39, 0.29) is 23.7 Å². The van der Waals surface area contributed by atoms with Crippen LogP contribution < -0.4 is 0 Å². The fraction of sp³-hybridized carbons (Fsp3) is 0.278. The Balaban J connectivity index is 2.66. The molecule has 22 heavy (non-hydrogen) atoms. The third kappa shape index (κ3) is 3.46. The van der Waals surface area contributed by atoms with Crippen LogP contribution in [0.1, 0.15) is 18.1 Å². The molecular weight excluding hydrogens is 280 g/mol. The maximum atomic E-state index is 11.5. The Kier molecular flexibility index (Phi) is 5.17. The molecule has 2 aromatic rings. The molecule has 2 aromatic carbocycles. The van der Waals surface area contributed by atoms with Gasteiger partial charge in [-0.3, -0.25) is 4.79 Å². The first-order chi connectivity index (χ1) is 10.5. The zero-order chi connectivity index (χ0) is 16.1. The van der Waals surface area contributed by atoms with Crippen LogP contribution in [0.5, 0.6) is 11.5 Å². The SMILES string of the molecule is COCCc1c(CC(C)=O)c(O)cc(O)c1-c1ccccc1. The smallest absolute Gasteiger partial charge is 0.134 e. The number of Topliss-reactive ketones (excluding diaryl/α,β-unsaturated/α-hetero) is 1. The number of ether oxygens (including phenoxy) is 1. The number of ketones is 1. The number of methoxy groups -OCH3 is 1. The quantitative estimate of drug-likeness (QED) is 0.860. The van der Waals surface area contributed by atoms with Crippen molar-refractivity contribution in [3.8, 4) is 22.6 Å². The molecule has 0 radical (unpaired) electrons. The van der Waals surface area contributed by atoms with E-state index in [1.165, 1.54) is 13.0 Å². The van der Waals surface area contributed by atoms with Crippen LogP contribution in [0.25, 0.3) is 11.1 Å². The van der Waals surface area contributed by atoms with Gasteiger partial charge >= 0.3 is 0 Å². The van der Waals surface area contributed by atoms with E-state index in [1.807, 2.05) is 30.3 Å². The van der Waals surface area contributed by atoms with Crippen molar-refractivity contribution in [2.45, 2.75) is 19.8 Å². The highest BCUT2D eigenvalue weighted by Gasteiger charge is 2.19. The molecule has 0 bridgehead atoms. The van der Waals surface area contributed by atoms with Crippen LogP contribution in [0.15, 0.2) is 36.4 Å². The number of carbonyl (C=O) groups excluding carboxylic acids is 1. The van der Waals surface area contributed by atoms with Crippen molar-refractivity contribution in [2.24, 2.45) is 0 Å². The van der Waals surface area contributed by atoms with E-state index in [2.05, 4.69) is 0 Å². The summed E-state index contributed by atoms with van der Waals surface area (Å²) in [6, 6.07) is 10.7. The van der Waals surface area contributed by atoms with Crippen molar-refractivity contribution in [1.82, 2.24) is 0 Å². The molecule has 2 N–H and O–H groups in total. The van der Waals surface area contributed by atoms with Gasteiger partial charge in [-0.2, -0.15) is 0 Å². The van der Waals surface area contributed by atoms with Gasteiger partial charge in [-0.15, -0.1) is 0 Å². The molecule has 0 unspecified atom stereocenters. The first-order valence-electron chi connectivity index (χ1n) is 7.15. The Morgan fingerprint density at radius 1 is 1.09 bits per heavy atom. The van der Waals surface area contributed by atoms with E-state index in [0.29, 0.717) is 24.2 Å². The molecule has 0 spiro atoms. The highest BCUT2D eigenvalue weighted by molar-refractivity contribution is 5.83. The van der Waals surface area contributed by atoms with E-state index in [0.717, 1.165) is 11.1 Å². The maximum Gasteiger partial charge on any atom is 0.134 e. The molecule has 0 amide bonds. The molecular formula is C18H20O4. The van der Waals surface area contributed by atoms with Crippen molar-refractivity contribution < 1.29 is 19.7 Å². The molecule has 0 aliphatic heterocycles. The third-order valence-electron chi connectivity index (χ3n) is 3.55. The largest absolute Gasteiger partial charge is 0.508 e. The number of aromatic hydroxyl groups is 2. The van der Waals surface area contributed by atoms with Gasteiger partial charge in [0.05, 0.1) is 6.61 Å². The van der Waals surface area contributed by atoms with Crippen LogP contribution >= 0.6 is 0 Å². The van der Waals surface area contributed by atoms with Gasteiger partial charge in [0.25, 0.3) is 0 Å². The molecule has 0 aliphatic carbocycles. The van der Waals surface area contributed by atoms with Crippen LogP contribution in [-0.4, -0.2) is 29.7 Å². The molecule has 0 heterocycles. The minimum absolute atomic E-state index is 0.00195. The Morgan fingerprint density at radius 3 is 2.36 bits per heavy atom. The predicted octanol–water partition coefficient (Wildman–Crippen LogP) is 3.09. The van der Waals surface area contributed by atoms with Crippen molar-refractivity contribution in [1.29, 1.82) is 0 Å². The van der Waals surface area contributed by atoms with Gasteiger partial charge in [0.1, 0.15) is 17.3 Å². The first kappa shape index (κ1) is 16.0. The topological polar surface area (TPSA) is 66.8 Å². The third-order valence-corrected chi connectivity index (χ3v) is 3.55. The van der Waals surface area contributed by atoms with Crippen LogP contribution in [-0.2, 0) is 22.4 Å². The second-order valence-corrected chi connectivity index (χ2v) is 5.23. The molecule has 0 saturated carbocycles. The van der Waals surface area contributed by atoms with Crippen molar-refractivity contribution in [3.05, 3.63) is 47.5 Å². The van der Waals surface area contributed by atoms with E-state index in [1.54, 1.807) is 7.11 Å². The standard InChI is InChI=1S/C18H20O4/c1-12(19)10-15-14(8-9-22-2)18(17(21)11-16(15)20)13-6-4-3-5-7-13/h3-7,11,20-21H,8-10H2,1-2H3. The van der Waals surface area contributed by atoms with Gasteiger partial charge in [0.15, 0.2) is 0 Å². The highest BCUT2D eigenvalue weighted by atomic mass is 16.5. The van der Waals surface area contributed by atoms with Crippen LogP contribution in [0, 0.1) is 0 Å². The van der Waals surface area contributed by atoms with Crippen molar-refractivity contribution in [3.63, 3.8) is 0 Å². The lowest BCUT2D eigenvalue weighted by atomic mass is 9.90.